The van der Waals surface area contributed by atoms with Crippen LogP contribution in [0.4, 0.5) is 10.3 Å². The maximum Gasteiger partial charge on any atom is 0.226 e. The van der Waals surface area contributed by atoms with Crippen LogP contribution in [0.15, 0.2) is 11.6 Å². The molecule has 1 saturated carbocycles. The molecule has 4 rings (SSSR count). The van der Waals surface area contributed by atoms with E-state index in [0.29, 0.717) is 23.1 Å². The summed E-state index contributed by atoms with van der Waals surface area (Å²) in [7, 11) is 0. The van der Waals surface area contributed by atoms with Crippen molar-refractivity contribution in [1.29, 1.82) is 0 Å². The van der Waals surface area contributed by atoms with E-state index >= 15 is 0 Å². The minimum atomic E-state index is -0.674. The van der Waals surface area contributed by atoms with E-state index in [1.165, 1.54) is 29.6 Å². The first-order valence-corrected chi connectivity index (χ1v) is 12.1. The van der Waals surface area contributed by atoms with Crippen molar-refractivity contribution >= 4 is 44.8 Å². The minimum absolute atomic E-state index is 0.0236. The van der Waals surface area contributed by atoms with E-state index in [1.54, 1.807) is 11.6 Å². The number of anilines is 2. The van der Waals surface area contributed by atoms with Crippen LogP contribution in [0, 0.1) is 16.7 Å². The van der Waals surface area contributed by atoms with E-state index in [-0.39, 0.29) is 42.1 Å². The molecule has 4 N–H and O–H groups in total. The summed E-state index contributed by atoms with van der Waals surface area (Å²) < 4.78 is 0. The summed E-state index contributed by atoms with van der Waals surface area (Å²) in [6.07, 6.45) is 3.21. The van der Waals surface area contributed by atoms with Crippen LogP contribution in [0.5, 0.6) is 0 Å². The Bertz CT molecular complexity index is 978. The van der Waals surface area contributed by atoms with Gasteiger partial charge in [0, 0.05) is 41.1 Å². The van der Waals surface area contributed by atoms with Crippen molar-refractivity contribution in [1.82, 2.24) is 9.97 Å². The van der Waals surface area contributed by atoms with Gasteiger partial charge in [0.15, 0.2) is 10.3 Å². The lowest BCUT2D eigenvalue weighted by molar-refractivity contribution is -0.143. The highest BCUT2D eigenvalue weighted by molar-refractivity contribution is 7.16. The van der Waals surface area contributed by atoms with Gasteiger partial charge in [-0.15, -0.1) is 22.7 Å². The Balaban J connectivity index is 1.73. The molecule has 168 valence electrons. The normalized spacial score (nSPS) is 32.1. The van der Waals surface area contributed by atoms with Gasteiger partial charge >= 0.3 is 0 Å². The van der Waals surface area contributed by atoms with Crippen molar-refractivity contribution in [2.75, 3.05) is 17.2 Å². The molecule has 0 spiro atoms. The number of hydrogen-bond acceptors (Lipinski definition) is 8. The number of amides is 2. The zero-order valence-corrected chi connectivity index (χ0v) is 19.5. The van der Waals surface area contributed by atoms with Crippen molar-refractivity contribution in [2.24, 2.45) is 16.7 Å². The summed E-state index contributed by atoms with van der Waals surface area (Å²) in [5.41, 5.74) is -0.156. The second-order valence-electron chi connectivity index (χ2n) is 9.13. The Kier molecular flexibility index (Phi) is 5.93. The third-order valence-electron chi connectivity index (χ3n) is 7.24. The number of aliphatic hydroxyl groups is 2. The summed E-state index contributed by atoms with van der Waals surface area (Å²) in [5, 5.41) is 29.6. The lowest BCUT2D eigenvalue weighted by atomic mass is 9.47. The number of nitrogens with zero attached hydrogens (tertiary/aromatic N) is 2. The van der Waals surface area contributed by atoms with E-state index in [0.717, 1.165) is 17.0 Å². The Hall–Kier alpha value is -1.88. The van der Waals surface area contributed by atoms with Crippen LogP contribution < -0.4 is 10.6 Å². The molecular formula is C21H28N4O4S2. The SMILES string of the molecule is CC(=O)Nc1nc2c(s1)CC1C(C)(CO)C(O)CCC1(C)C2CC(=O)Nc1nccs1. The van der Waals surface area contributed by atoms with Crippen LogP contribution in [-0.2, 0) is 16.0 Å². The summed E-state index contributed by atoms with van der Waals surface area (Å²) in [5.74, 6) is -0.551. The summed E-state index contributed by atoms with van der Waals surface area (Å²) in [4.78, 5) is 34.4. The quantitative estimate of drug-likeness (QED) is 0.539. The van der Waals surface area contributed by atoms with Gasteiger partial charge in [-0.05, 0) is 30.6 Å². The lowest BCUT2D eigenvalue weighted by Crippen LogP contribution is -2.57. The van der Waals surface area contributed by atoms with Gasteiger partial charge in [-0.1, -0.05) is 13.8 Å². The molecule has 2 aliphatic carbocycles. The van der Waals surface area contributed by atoms with Crippen molar-refractivity contribution in [2.45, 2.75) is 58.5 Å². The Morgan fingerprint density at radius 1 is 1.29 bits per heavy atom. The highest BCUT2D eigenvalue weighted by Gasteiger charge is 2.59. The van der Waals surface area contributed by atoms with Gasteiger partial charge in [0.05, 0.1) is 18.4 Å². The third kappa shape index (κ3) is 3.90. The number of fused-ring (bicyclic) bond motifs is 2. The van der Waals surface area contributed by atoms with E-state index in [2.05, 4.69) is 22.5 Å². The molecule has 0 radical (unpaired) electrons. The molecule has 31 heavy (non-hydrogen) atoms. The smallest absolute Gasteiger partial charge is 0.226 e. The van der Waals surface area contributed by atoms with E-state index in [9.17, 15) is 19.8 Å². The van der Waals surface area contributed by atoms with Gasteiger partial charge in [0.2, 0.25) is 11.8 Å². The monoisotopic (exact) mass is 464 g/mol. The first-order chi connectivity index (χ1) is 14.7. The first-order valence-electron chi connectivity index (χ1n) is 10.4. The molecular weight excluding hydrogens is 436 g/mol. The Morgan fingerprint density at radius 2 is 2.06 bits per heavy atom. The summed E-state index contributed by atoms with van der Waals surface area (Å²) in [6.45, 7) is 5.41. The number of rotatable bonds is 5. The average Bonchev–Trinajstić information content (AvgIpc) is 3.35. The fraction of sp³-hybridized carbons (Fsp3) is 0.619. The fourth-order valence-corrected chi connectivity index (χ4v) is 7.15. The van der Waals surface area contributed by atoms with Crippen molar-refractivity contribution in [3.63, 3.8) is 0 Å². The van der Waals surface area contributed by atoms with Gasteiger partial charge in [-0.3, -0.25) is 9.59 Å². The molecule has 10 heteroatoms. The molecule has 0 bridgehead atoms. The van der Waals surface area contributed by atoms with Gasteiger partial charge in [0.1, 0.15) is 0 Å². The zero-order chi connectivity index (χ0) is 22.4. The standard InChI is InChI=1S/C21H28N4O4S2/c1-11(27)23-19-25-17-12(8-16(29)24-18-22-6-7-30-18)20(2)5-4-15(28)21(3,10-26)14(20)9-13(17)31-19/h6-7,12,14-15,26,28H,4-5,8-10H2,1-3H3,(H,22,24,29)(H,23,25,27). The molecule has 2 aromatic heterocycles. The third-order valence-corrected chi connectivity index (χ3v) is 8.94. The number of hydrogen-bond donors (Lipinski definition) is 4. The second kappa shape index (κ2) is 8.23. The maximum atomic E-state index is 12.9. The highest BCUT2D eigenvalue weighted by atomic mass is 32.1. The summed E-state index contributed by atoms with van der Waals surface area (Å²) >= 11 is 2.78. The molecule has 2 aliphatic rings. The van der Waals surface area contributed by atoms with Gasteiger partial charge in [0.25, 0.3) is 0 Å². The zero-order valence-electron chi connectivity index (χ0n) is 17.8. The van der Waals surface area contributed by atoms with Crippen molar-refractivity contribution in [3.05, 3.63) is 22.1 Å². The van der Waals surface area contributed by atoms with Gasteiger partial charge in [-0.2, -0.15) is 0 Å². The number of nitrogens with one attached hydrogen (secondary N) is 2. The van der Waals surface area contributed by atoms with Crippen molar-refractivity contribution in [3.8, 4) is 0 Å². The largest absolute Gasteiger partial charge is 0.396 e. The molecule has 5 unspecified atom stereocenters. The summed E-state index contributed by atoms with van der Waals surface area (Å²) in [6, 6.07) is 0. The molecule has 5 atom stereocenters. The maximum absolute atomic E-state index is 12.9. The van der Waals surface area contributed by atoms with Crippen LogP contribution in [0.2, 0.25) is 0 Å². The molecule has 2 heterocycles. The van der Waals surface area contributed by atoms with E-state index in [1.807, 2.05) is 6.92 Å². The number of thiazole rings is 2. The molecule has 2 amide bonds. The molecule has 2 aromatic rings. The van der Waals surface area contributed by atoms with Crippen LogP contribution in [0.25, 0.3) is 0 Å². The van der Waals surface area contributed by atoms with Crippen molar-refractivity contribution < 1.29 is 19.8 Å². The first kappa shape index (κ1) is 22.3. The minimum Gasteiger partial charge on any atom is -0.396 e. The van der Waals surface area contributed by atoms with Crippen LogP contribution in [0.3, 0.4) is 0 Å². The number of aliphatic hydroxyl groups excluding tert-OH is 2. The molecule has 0 aromatic carbocycles. The highest BCUT2D eigenvalue weighted by Crippen LogP contribution is 2.62. The number of carbonyl (C=O) groups excluding carboxylic acids is 2. The number of aromatic nitrogens is 2. The predicted octanol–water partition coefficient (Wildman–Crippen LogP) is 3.00. The fourth-order valence-electron chi connectivity index (χ4n) is 5.49. The Labute approximate surface area is 189 Å². The van der Waals surface area contributed by atoms with Crippen LogP contribution in [-0.4, -0.2) is 44.7 Å². The predicted molar refractivity (Wildman–Crippen MR) is 120 cm³/mol. The van der Waals surface area contributed by atoms with E-state index < -0.39 is 11.5 Å². The molecule has 0 saturated heterocycles. The molecule has 0 aliphatic heterocycles. The molecule has 1 fully saturated rings. The number of carbonyl (C=O) groups is 2. The Morgan fingerprint density at radius 3 is 2.71 bits per heavy atom. The van der Waals surface area contributed by atoms with Crippen LogP contribution in [0.1, 0.15) is 56.5 Å². The topological polar surface area (TPSA) is 124 Å². The van der Waals surface area contributed by atoms with Gasteiger partial charge < -0.3 is 20.8 Å². The average molecular weight is 465 g/mol. The molecule has 8 nitrogen and oxygen atoms in total. The van der Waals surface area contributed by atoms with Crippen LogP contribution >= 0.6 is 22.7 Å². The van der Waals surface area contributed by atoms with Gasteiger partial charge in [-0.25, -0.2) is 9.97 Å². The lowest BCUT2D eigenvalue weighted by Gasteiger charge is -2.58. The second-order valence-corrected chi connectivity index (χ2v) is 11.1. The van der Waals surface area contributed by atoms with E-state index in [4.69, 9.17) is 4.98 Å².